The molecule has 1 aliphatic heterocycles. The summed E-state index contributed by atoms with van der Waals surface area (Å²) in [5.41, 5.74) is 2.50. The number of aromatic nitrogens is 2. The third-order valence-corrected chi connectivity index (χ3v) is 5.24. The molecule has 0 radical (unpaired) electrons. The number of thiophene rings is 1. The Kier molecular flexibility index (Phi) is 4.55. The fourth-order valence-electron chi connectivity index (χ4n) is 2.57. The summed E-state index contributed by atoms with van der Waals surface area (Å²) < 4.78 is 9.12. The van der Waals surface area contributed by atoms with E-state index in [0.717, 1.165) is 31.7 Å². The van der Waals surface area contributed by atoms with Crippen LogP contribution in [0.5, 0.6) is 0 Å². The molecule has 0 saturated carbocycles. The lowest BCUT2D eigenvalue weighted by atomic mass is 10.0. The Labute approximate surface area is 131 Å². The molecule has 1 fully saturated rings. The lowest BCUT2D eigenvalue weighted by molar-refractivity contribution is -0.00403. The molecule has 3 heterocycles. The number of hydrogen-bond donors (Lipinski definition) is 1. The molecule has 4 nitrogen and oxygen atoms in total. The van der Waals surface area contributed by atoms with Crippen molar-refractivity contribution < 1.29 is 4.74 Å². The van der Waals surface area contributed by atoms with Crippen molar-refractivity contribution in [1.29, 1.82) is 0 Å². The number of nitrogens with one attached hydrogen (secondary N) is 1. The molecule has 0 bridgehead atoms. The van der Waals surface area contributed by atoms with E-state index in [2.05, 4.69) is 37.7 Å². The van der Waals surface area contributed by atoms with E-state index in [4.69, 9.17) is 4.74 Å². The van der Waals surface area contributed by atoms with Gasteiger partial charge in [0, 0.05) is 26.2 Å². The number of aryl methyl sites for hydroxylation is 1. The smallest absolute Gasteiger partial charge is 0.100 e. The van der Waals surface area contributed by atoms with E-state index < -0.39 is 0 Å². The summed E-state index contributed by atoms with van der Waals surface area (Å²) in [6, 6.07) is 2.68. The average molecular weight is 356 g/mol. The van der Waals surface area contributed by atoms with E-state index in [-0.39, 0.29) is 6.10 Å². The molecule has 2 aromatic heterocycles. The molecule has 1 aliphatic rings. The Morgan fingerprint density at radius 3 is 3.20 bits per heavy atom. The van der Waals surface area contributed by atoms with Crippen molar-refractivity contribution in [2.45, 2.75) is 31.5 Å². The highest BCUT2D eigenvalue weighted by molar-refractivity contribution is 9.11. The third kappa shape index (κ3) is 3.31. The maximum atomic E-state index is 5.88. The monoisotopic (exact) mass is 355 g/mol. The number of nitrogens with zero attached hydrogens (tertiary/aromatic N) is 2. The number of rotatable bonds is 4. The van der Waals surface area contributed by atoms with E-state index in [9.17, 15) is 0 Å². The summed E-state index contributed by atoms with van der Waals surface area (Å²) in [6.45, 7) is 1.73. The topological polar surface area (TPSA) is 39.1 Å². The van der Waals surface area contributed by atoms with Gasteiger partial charge in [-0.1, -0.05) is 0 Å². The van der Waals surface area contributed by atoms with Crippen LogP contribution in [0.1, 0.15) is 30.2 Å². The van der Waals surface area contributed by atoms with Crippen molar-refractivity contribution in [3.8, 4) is 0 Å². The van der Waals surface area contributed by atoms with Crippen molar-refractivity contribution in [3.05, 3.63) is 39.0 Å². The van der Waals surface area contributed by atoms with Crippen LogP contribution in [-0.4, -0.2) is 22.2 Å². The van der Waals surface area contributed by atoms with Crippen LogP contribution in [0.25, 0.3) is 0 Å². The van der Waals surface area contributed by atoms with Crippen molar-refractivity contribution in [2.75, 3.05) is 6.61 Å². The minimum atomic E-state index is 0.156. The SMILES string of the molecule is Cn1cncc1[C@H]1C[C@H](NCc2csc(Br)c2)CCO1. The van der Waals surface area contributed by atoms with Crippen molar-refractivity contribution in [3.63, 3.8) is 0 Å². The van der Waals surface area contributed by atoms with Gasteiger partial charge in [-0.15, -0.1) is 11.3 Å². The number of ether oxygens (including phenoxy) is 1. The van der Waals surface area contributed by atoms with Crippen LogP contribution in [0.2, 0.25) is 0 Å². The first-order valence-corrected chi connectivity index (χ1v) is 8.44. The van der Waals surface area contributed by atoms with Gasteiger partial charge in [0.05, 0.1) is 22.0 Å². The van der Waals surface area contributed by atoms with Crippen LogP contribution in [0.15, 0.2) is 27.8 Å². The van der Waals surface area contributed by atoms with Gasteiger partial charge < -0.3 is 14.6 Å². The first-order valence-electron chi connectivity index (χ1n) is 6.76. The molecule has 1 saturated heterocycles. The Morgan fingerprint density at radius 1 is 1.60 bits per heavy atom. The van der Waals surface area contributed by atoms with E-state index in [0.29, 0.717) is 6.04 Å². The molecule has 20 heavy (non-hydrogen) atoms. The van der Waals surface area contributed by atoms with Gasteiger partial charge >= 0.3 is 0 Å². The summed E-state index contributed by atoms with van der Waals surface area (Å²) in [6.07, 6.45) is 5.97. The van der Waals surface area contributed by atoms with Gasteiger partial charge in [0.15, 0.2) is 0 Å². The van der Waals surface area contributed by atoms with Gasteiger partial charge in [0.25, 0.3) is 0 Å². The minimum absolute atomic E-state index is 0.156. The van der Waals surface area contributed by atoms with Gasteiger partial charge in [-0.25, -0.2) is 4.98 Å². The molecule has 0 aliphatic carbocycles. The standard InChI is InChI=1S/C14H18BrN3OS/c1-18-9-16-7-12(18)13-5-11(2-3-19-13)17-6-10-4-14(15)20-8-10/h4,7-9,11,13,17H,2-3,5-6H2,1H3/t11-,13-/m1/s1. The zero-order valence-corrected chi connectivity index (χ0v) is 13.8. The Morgan fingerprint density at radius 2 is 2.50 bits per heavy atom. The molecule has 0 amide bonds. The van der Waals surface area contributed by atoms with Gasteiger partial charge in [0.1, 0.15) is 6.10 Å². The predicted octanol–water partition coefficient (Wildman–Crippen LogP) is 3.25. The summed E-state index contributed by atoms with van der Waals surface area (Å²) in [5.74, 6) is 0. The van der Waals surface area contributed by atoms with Gasteiger partial charge in [-0.3, -0.25) is 0 Å². The van der Waals surface area contributed by atoms with Crippen LogP contribution in [0.4, 0.5) is 0 Å². The largest absolute Gasteiger partial charge is 0.372 e. The first-order chi connectivity index (χ1) is 9.72. The highest BCUT2D eigenvalue weighted by atomic mass is 79.9. The maximum Gasteiger partial charge on any atom is 0.100 e. The second kappa shape index (κ2) is 6.39. The molecule has 0 unspecified atom stereocenters. The Hall–Kier alpha value is -0.690. The maximum absolute atomic E-state index is 5.88. The molecule has 0 aromatic carbocycles. The van der Waals surface area contributed by atoms with E-state index in [1.54, 1.807) is 11.3 Å². The van der Waals surface area contributed by atoms with Crippen LogP contribution < -0.4 is 5.32 Å². The summed E-state index contributed by atoms with van der Waals surface area (Å²) in [7, 11) is 2.02. The number of hydrogen-bond acceptors (Lipinski definition) is 4. The third-order valence-electron chi connectivity index (χ3n) is 3.68. The second-order valence-corrected chi connectivity index (χ2v) is 7.44. The number of imidazole rings is 1. The molecule has 3 rings (SSSR count). The van der Waals surface area contributed by atoms with Gasteiger partial charge in [-0.05, 0) is 45.8 Å². The average Bonchev–Trinajstić information content (AvgIpc) is 3.05. The zero-order chi connectivity index (χ0) is 13.9. The zero-order valence-electron chi connectivity index (χ0n) is 11.4. The molecular weight excluding hydrogens is 338 g/mol. The Balaban J connectivity index is 1.57. The van der Waals surface area contributed by atoms with Crippen LogP contribution in [0.3, 0.4) is 0 Å². The fraction of sp³-hybridized carbons (Fsp3) is 0.500. The minimum Gasteiger partial charge on any atom is -0.372 e. The lowest BCUT2D eigenvalue weighted by Crippen LogP contribution is -2.36. The van der Waals surface area contributed by atoms with E-state index in [1.807, 2.05) is 24.1 Å². The molecule has 108 valence electrons. The molecule has 1 N–H and O–H groups in total. The fourth-order valence-corrected chi connectivity index (χ4v) is 3.78. The highest BCUT2D eigenvalue weighted by Crippen LogP contribution is 2.28. The quantitative estimate of drug-likeness (QED) is 0.914. The number of halogens is 1. The van der Waals surface area contributed by atoms with Crippen LogP contribution in [0, 0.1) is 0 Å². The van der Waals surface area contributed by atoms with Crippen molar-refractivity contribution in [2.24, 2.45) is 7.05 Å². The molecule has 0 spiro atoms. The molecule has 2 atom stereocenters. The van der Waals surface area contributed by atoms with Crippen molar-refractivity contribution in [1.82, 2.24) is 14.9 Å². The normalized spacial score (nSPS) is 23.1. The van der Waals surface area contributed by atoms with Gasteiger partial charge in [-0.2, -0.15) is 0 Å². The Bertz CT molecular complexity index is 568. The summed E-state index contributed by atoms with van der Waals surface area (Å²) >= 11 is 5.23. The summed E-state index contributed by atoms with van der Waals surface area (Å²) in [5, 5.41) is 5.83. The highest BCUT2D eigenvalue weighted by Gasteiger charge is 2.25. The van der Waals surface area contributed by atoms with Crippen LogP contribution >= 0.6 is 27.3 Å². The second-order valence-electron chi connectivity index (χ2n) is 5.15. The molecular formula is C14H18BrN3OS. The first kappa shape index (κ1) is 14.3. The predicted molar refractivity (Wildman–Crippen MR) is 83.8 cm³/mol. The van der Waals surface area contributed by atoms with Crippen LogP contribution in [-0.2, 0) is 18.3 Å². The van der Waals surface area contributed by atoms with E-state index in [1.165, 1.54) is 9.35 Å². The lowest BCUT2D eigenvalue weighted by Gasteiger charge is -2.30. The van der Waals surface area contributed by atoms with Gasteiger partial charge in [0.2, 0.25) is 0 Å². The van der Waals surface area contributed by atoms with Crippen molar-refractivity contribution >= 4 is 27.3 Å². The van der Waals surface area contributed by atoms with E-state index >= 15 is 0 Å². The summed E-state index contributed by atoms with van der Waals surface area (Å²) in [4.78, 5) is 4.18. The molecule has 2 aromatic rings. The molecule has 6 heteroatoms.